The van der Waals surface area contributed by atoms with E-state index in [1.54, 1.807) is 0 Å². The van der Waals surface area contributed by atoms with Crippen molar-refractivity contribution in [1.29, 1.82) is 0 Å². The van der Waals surface area contributed by atoms with E-state index in [1.165, 1.54) is 43.5 Å². The van der Waals surface area contributed by atoms with E-state index >= 15 is 0 Å². The van der Waals surface area contributed by atoms with Crippen molar-refractivity contribution in [3.05, 3.63) is 24.3 Å². The lowest BCUT2D eigenvalue weighted by molar-refractivity contribution is 0.328. The van der Waals surface area contributed by atoms with E-state index in [1.807, 2.05) is 0 Å². The second-order valence-electron chi connectivity index (χ2n) is 6.81. The van der Waals surface area contributed by atoms with Crippen LogP contribution in [0.5, 0.6) is 5.75 Å². The smallest absolute Gasteiger partial charge is 0.245 e. The van der Waals surface area contributed by atoms with E-state index in [-0.39, 0.29) is 12.3 Å². The Morgan fingerprint density at radius 1 is 1.11 bits per heavy atom. The number of guanidine groups is 1. The summed E-state index contributed by atoms with van der Waals surface area (Å²) in [4.78, 5) is 4.24. The Bertz CT molecular complexity index is 845. The van der Waals surface area contributed by atoms with Gasteiger partial charge in [-0.1, -0.05) is 19.3 Å². The molecule has 1 aromatic rings. The zero-order chi connectivity index (χ0) is 20.8. The predicted octanol–water partition coefficient (Wildman–Crippen LogP) is 1.03. The average Bonchev–Trinajstić information content (AvgIpc) is 2.58. The average molecular weight is 433 g/mol. The molecule has 1 aliphatic carbocycles. The number of nitrogens with two attached hydrogens (primary N) is 1. The van der Waals surface area contributed by atoms with Crippen molar-refractivity contribution in [2.75, 3.05) is 29.4 Å². The monoisotopic (exact) mass is 432 g/mol. The van der Waals surface area contributed by atoms with Gasteiger partial charge in [0.1, 0.15) is 12.4 Å². The van der Waals surface area contributed by atoms with Crippen LogP contribution in [0.3, 0.4) is 0 Å². The standard InChI is InChI=1S/C17H28N4O5S2/c1-27(22,23)21(28(2,24)25)15-8-10-16(11-9-15)26-13-12-19-17(18)20-14-6-4-3-5-7-14/h8-11,14H,3-7,12-13H2,1-2H3,(H3,18,19,20). The molecule has 1 fully saturated rings. The van der Waals surface area contributed by atoms with Crippen LogP contribution in [0.25, 0.3) is 0 Å². The molecule has 0 unspecified atom stereocenters. The Hall–Kier alpha value is -2.01. The highest BCUT2D eigenvalue weighted by molar-refractivity contribution is 8.09. The van der Waals surface area contributed by atoms with E-state index in [0.717, 1.165) is 25.4 Å². The van der Waals surface area contributed by atoms with Gasteiger partial charge in [0, 0.05) is 6.04 Å². The molecule has 1 saturated carbocycles. The van der Waals surface area contributed by atoms with E-state index in [2.05, 4.69) is 10.3 Å². The number of aliphatic imine (C=N–C) groups is 1. The number of nitrogens with one attached hydrogen (secondary N) is 1. The number of ether oxygens (including phenoxy) is 1. The Morgan fingerprint density at radius 2 is 1.68 bits per heavy atom. The molecule has 1 aromatic carbocycles. The Balaban J connectivity index is 1.88. The summed E-state index contributed by atoms with van der Waals surface area (Å²) >= 11 is 0. The van der Waals surface area contributed by atoms with E-state index in [0.29, 0.717) is 28.0 Å². The van der Waals surface area contributed by atoms with Gasteiger partial charge in [-0.25, -0.2) is 21.8 Å². The van der Waals surface area contributed by atoms with Gasteiger partial charge in [0.05, 0.1) is 24.7 Å². The van der Waals surface area contributed by atoms with Crippen LogP contribution >= 0.6 is 0 Å². The van der Waals surface area contributed by atoms with Crippen LogP contribution in [-0.2, 0) is 20.0 Å². The normalized spacial score (nSPS) is 16.6. The van der Waals surface area contributed by atoms with Crippen LogP contribution in [0.15, 0.2) is 29.3 Å². The number of nitrogens with zero attached hydrogens (tertiary/aromatic N) is 2. The van der Waals surface area contributed by atoms with Gasteiger partial charge in [-0.2, -0.15) is 3.71 Å². The molecule has 0 bridgehead atoms. The third-order valence-corrected chi connectivity index (χ3v) is 7.50. The highest BCUT2D eigenvalue weighted by Gasteiger charge is 2.27. The fraction of sp³-hybridized carbons (Fsp3) is 0.588. The van der Waals surface area contributed by atoms with Gasteiger partial charge < -0.3 is 15.8 Å². The molecular weight excluding hydrogens is 404 g/mol. The molecule has 0 amide bonds. The van der Waals surface area contributed by atoms with Crippen LogP contribution < -0.4 is 19.5 Å². The molecule has 9 nitrogen and oxygen atoms in total. The van der Waals surface area contributed by atoms with Crippen LogP contribution in [0.2, 0.25) is 0 Å². The van der Waals surface area contributed by atoms with Crippen LogP contribution in [0, 0.1) is 0 Å². The first-order valence-corrected chi connectivity index (χ1v) is 12.8. The quantitative estimate of drug-likeness (QED) is 0.356. The second-order valence-corrected chi connectivity index (χ2v) is 10.7. The van der Waals surface area contributed by atoms with E-state index < -0.39 is 20.0 Å². The van der Waals surface area contributed by atoms with E-state index in [9.17, 15) is 16.8 Å². The molecule has 0 aliphatic heterocycles. The van der Waals surface area contributed by atoms with Gasteiger partial charge in [0.15, 0.2) is 5.96 Å². The molecule has 0 aromatic heterocycles. The molecular formula is C17H28N4O5S2. The summed E-state index contributed by atoms with van der Waals surface area (Å²) in [5.74, 6) is 0.877. The van der Waals surface area contributed by atoms with Gasteiger partial charge in [0.2, 0.25) is 20.0 Å². The van der Waals surface area contributed by atoms with Crippen molar-refractivity contribution in [2.24, 2.45) is 10.7 Å². The molecule has 1 aliphatic rings. The highest BCUT2D eigenvalue weighted by atomic mass is 32.3. The molecule has 0 atom stereocenters. The van der Waals surface area contributed by atoms with Crippen molar-refractivity contribution in [3.63, 3.8) is 0 Å². The zero-order valence-corrected chi connectivity index (χ0v) is 17.8. The van der Waals surface area contributed by atoms with Gasteiger partial charge >= 0.3 is 0 Å². The van der Waals surface area contributed by atoms with Crippen LogP contribution in [0.1, 0.15) is 32.1 Å². The first kappa shape index (κ1) is 22.3. The van der Waals surface area contributed by atoms with Crippen LogP contribution in [-0.4, -0.2) is 54.5 Å². The van der Waals surface area contributed by atoms with Gasteiger partial charge in [-0.05, 0) is 37.1 Å². The number of rotatable bonds is 8. The minimum Gasteiger partial charge on any atom is -0.492 e. The lowest BCUT2D eigenvalue weighted by atomic mass is 9.96. The molecule has 158 valence electrons. The minimum atomic E-state index is -3.97. The Kier molecular flexibility index (Phi) is 7.53. The van der Waals surface area contributed by atoms with Gasteiger partial charge in [-0.15, -0.1) is 0 Å². The van der Waals surface area contributed by atoms with E-state index in [4.69, 9.17) is 10.5 Å². The van der Waals surface area contributed by atoms with Gasteiger partial charge in [0.25, 0.3) is 0 Å². The maximum absolute atomic E-state index is 11.8. The molecule has 28 heavy (non-hydrogen) atoms. The molecule has 11 heteroatoms. The SMILES string of the molecule is CS(=O)(=O)N(c1ccc(OCCN=C(N)NC2CCCCC2)cc1)S(C)(=O)=O. The van der Waals surface area contributed by atoms with Crippen molar-refractivity contribution in [1.82, 2.24) is 5.32 Å². The number of hydrogen-bond donors (Lipinski definition) is 2. The predicted molar refractivity (Wildman–Crippen MR) is 111 cm³/mol. The molecule has 2 rings (SSSR count). The van der Waals surface area contributed by atoms with Crippen LogP contribution in [0.4, 0.5) is 5.69 Å². The fourth-order valence-electron chi connectivity index (χ4n) is 3.12. The minimum absolute atomic E-state index is 0.0243. The van der Waals surface area contributed by atoms with Crippen molar-refractivity contribution in [2.45, 2.75) is 38.1 Å². The number of hydrogen-bond acceptors (Lipinski definition) is 6. The number of anilines is 1. The Morgan fingerprint density at radius 3 is 2.21 bits per heavy atom. The molecule has 0 heterocycles. The summed E-state index contributed by atoms with van der Waals surface area (Å²) < 4.78 is 53.0. The second kappa shape index (κ2) is 9.46. The van der Waals surface area contributed by atoms with Crippen molar-refractivity contribution in [3.8, 4) is 5.75 Å². The lowest BCUT2D eigenvalue weighted by Crippen LogP contribution is -2.41. The largest absolute Gasteiger partial charge is 0.492 e. The van der Waals surface area contributed by atoms with Gasteiger partial charge in [-0.3, -0.25) is 0 Å². The van der Waals surface area contributed by atoms with Crippen molar-refractivity contribution >= 4 is 31.7 Å². The Labute approximate surface area is 167 Å². The molecule has 0 radical (unpaired) electrons. The topological polar surface area (TPSA) is 131 Å². The number of sulfonamides is 2. The molecule has 0 saturated heterocycles. The maximum Gasteiger partial charge on any atom is 0.245 e. The summed E-state index contributed by atoms with van der Waals surface area (Å²) in [6.45, 7) is 0.653. The summed E-state index contributed by atoms with van der Waals surface area (Å²) in [7, 11) is -7.93. The highest BCUT2D eigenvalue weighted by Crippen LogP contribution is 2.24. The zero-order valence-electron chi connectivity index (χ0n) is 16.2. The summed E-state index contributed by atoms with van der Waals surface area (Å²) in [5.41, 5.74) is 5.91. The maximum atomic E-state index is 11.8. The lowest BCUT2D eigenvalue weighted by Gasteiger charge is -2.23. The molecule has 0 spiro atoms. The third-order valence-electron chi connectivity index (χ3n) is 4.25. The third kappa shape index (κ3) is 6.86. The summed E-state index contributed by atoms with van der Waals surface area (Å²) in [5, 5.41) is 3.22. The summed E-state index contributed by atoms with van der Waals surface area (Å²) in [6, 6.07) is 6.15. The molecule has 3 N–H and O–H groups in total. The number of benzene rings is 1. The first-order chi connectivity index (χ1) is 13.1. The summed E-state index contributed by atoms with van der Waals surface area (Å²) in [6.07, 6.45) is 7.58. The fourth-order valence-corrected chi connectivity index (χ4v) is 6.10. The van der Waals surface area contributed by atoms with Crippen molar-refractivity contribution < 1.29 is 21.6 Å². The first-order valence-electron chi connectivity index (χ1n) is 9.07.